The standard InChI is InChI=1S/C17H16FN5O2/c1-2-11-8-23(9-12-5-3-4-6-14(12)18)10-13(11)15(24)7-16(25)17-19-21-22-20-17/h3-8,10,24H,2,9H2,1H3,(H,19,20,21,22). The van der Waals surface area contributed by atoms with Gasteiger partial charge in [0.15, 0.2) is 0 Å². The van der Waals surface area contributed by atoms with E-state index in [0.29, 0.717) is 24.1 Å². The van der Waals surface area contributed by atoms with Crippen molar-refractivity contribution in [3.05, 3.63) is 71.1 Å². The number of H-pyrrole nitrogens is 1. The fourth-order valence-electron chi connectivity index (χ4n) is 2.52. The van der Waals surface area contributed by atoms with E-state index in [1.165, 1.54) is 6.07 Å². The molecule has 2 heterocycles. The maximum Gasteiger partial charge on any atom is 0.244 e. The topological polar surface area (TPSA) is 96.7 Å². The molecule has 7 nitrogen and oxygen atoms in total. The third kappa shape index (κ3) is 3.63. The predicted octanol–water partition coefficient (Wildman–Crippen LogP) is 2.53. The van der Waals surface area contributed by atoms with E-state index in [2.05, 4.69) is 20.6 Å². The highest BCUT2D eigenvalue weighted by Gasteiger charge is 2.14. The molecule has 0 fully saturated rings. The minimum absolute atomic E-state index is 0.129. The van der Waals surface area contributed by atoms with E-state index in [4.69, 9.17) is 0 Å². The van der Waals surface area contributed by atoms with Crippen molar-refractivity contribution in [1.82, 2.24) is 25.2 Å². The summed E-state index contributed by atoms with van der Waals surface area (Å²) in [5, 5.41) is 22.9. The molecule has 0 saturated heterocycles. The Morgan fingerprint density at radius 1 is 1.32 bits per heavy atom. The highest BCUT2D eigenvalue weighted by Crippen LogP contribution is 2.21. The number of aliphatic hydroxyl groups excluding tert-OH is 1. The quantitative estimate of drug-likeness (QED) is 0.408. The van der Waals surface area contributed by atoms with Gasteiger partial charge in [0.25, 0.3) is 0 Å². The van der Waals surface area contributed by atoms with E-state index >= 15 is 0 Å². The number of aromatic amines is 1. The van der Waals surface area contributed by atoms with Crippen molar-refractivity contribution in [2.24, 2.45) is 0 Å². The molecule has 0 aliphatic carbocycles. The third-order valence-corrected chi connectivity index (χ3v) is 3.76. The molecule has 0 saturated carbocycles. The fraction of sp³-hybridized carbons (Fsp3) is 0.176. The van der Waals surface area contributed by atoms with Crippen LogP contribution < -0.4 is 0 Å². The van der Waals surface area contributed by atoms with Crippen molar-refractivity contribution in [3.8, 4) is 0 Å². The number of hydrogen-bond acceptors (Lipinski definition) is 5. The van der Waals surface area contributed by atoms with Gasteiger partial charge >= 0.3 is 0 Å². The Morgan fingerprint density at radius 3 is 2.80 bits per heavy atom. The van der Waals surface area contributed by atoms with Gasteiger partial charge in [-0.15, -0.1) is 10.2 Å². The summed E-state index contributed by atoms with van der Waals surface area (Å²) in [6.07, 6.45) is 5.20. The summed E-state index contributed by atoms with van der Waals surface area (Å²) in [5.74, 6) is -1.17. The lowest BCUT2D eigenvalue weighted by Gasteiger charge is -2.04. The lowest BCUT2D eigenvalue weighted by molar-refractivity contribution is 0.103. The van der Waals surface area contributed by atoms with Crippen LogP contribution in [0.2, 0.25) is 0 Å². The van der Waals surface area contributed by atoms with Gasteiger partial charge in [0.1, 0.15) is 11.6 Å². The molecular formula is C17H16FN5O2. The average molecular weight is 341 g/mol. The molecule has 128 valence electrons. The van der Waals surface area contributed by atoms with E-state index in [1.807, 2.05) is 13.1 Å². The van der Waals surface area contributed by atoms with Crippen molar-refractivity contribution in [2.45, 2.75) is 19.9 Å². The van der Waals surface area contributed by atoms with Crippen LogP contribution in [0.5, 0.6) is 0 Å². The lowest BCUT2D eigenvalue weighted by atomic mass is 10.1. The largest absolute Gasteiger partial charge is 0.507 e. The SMILES string of the molecule is CCc1cn(Cc2ccccc2F)cc1C(O)=CC(=O)c1nn[nH]n1. The number of rotatable bonds is 6. The molecular weight excluding hydrogens is 325 g/mol. The number of nitrogens with one attached hydrogen (secondary N) is 1. The predicted molar refractivity (Wildman–Crippen MR) is 88.4 cm³/mol. The molecule has 0 amide bonds. The second-order valence-electron chi connectivity index (χ2n) is 5.44. The fourth-order valence-corrected chi connectivity index (χ4v) is 2.52. The summed E-state index contributed by atoms with van der Waals surface area (Å²) >= 11 is 0. The van der Waals surface area contributed by atoms with Crippen molar-refractivity contribution in [2.75, 3.05) is 0 Å². The molecule has 0 bridgehead atoms. The molecule has 0 aliphatic heterocycles. The Hall–Kier alpha value is -3.29. The summed E-state index contributed by atoms with van der Waals surface area (Å²) in [6, 6.07) is 6.51. The van der Waals surface area contributed by atoms with Crippen LogP contribution in [0.3, 0.4) is 0 Å². The van der Waals surface area contributed by atoms with Gasteiger partial charge in [-0.1, -0.05) is 25.1 Å². The van der Waals surface area contributed by atoms with Gasteiger partial charge in [0, 0.05) is 36.1 Å². The normalized spacial score (nSPS) is 11.7. The maximum atomic E-state index is 13.8. The molecule has 2 aromatic heterocycles. The molecule has 8 heteroatoms. The number of ketones is 1. The van der Waals surface area contributed by atoms with Crippen molar-refractivity contribution < 1.29 is 14.3 Å². The van der Waals surface area contributed by atoms with Gasteiger partial charge in [0.2, 0.25) is 11.6 Å². The molecule has 3 aromatic rings. The second kappa shape index (κ2) is 7.08. The molecule has 0 aliphatic rings. The van der Waals surface area contributed by atoms with Crippen LogP contribution in [0, 0.1) is 5.82 Å². The molecule has 1 aromatic carbocycles. The van der Waals surface area contributed by atoms with E-state index < -0.39 is 5.78 Å². The van der Waals surface area contributed by atoms with E-state index in [9.17, 15) is 14.3 Å². The first kappa shape index (κ1) is 16.6. The zero-order chi connectivity index (χ0) is 17.8. The molecule has 3 rings (SSSR count). The minimum atomic E-state index is -0.560. The molecule has 25 heavy (non-hydrogen) atoms. The van der Waals surface area contributed by atoms with Gasteiger partial charge < -0.3 is 9.67 Å². The molecule has 2 N–H and O–H groups in total. The van der Waals surface area contributed by atoms with Crippen molar-refractivity contribution in [1.29, 1.82) is 0 Å². The van der Waals surface area contributed by atoms with Crippen LogP contribution in [0.25, 0.3) is 5.76 Å². The second-order valence-corrected chi connectivity index (χ2v) is 5.44. The van der Waals surface area contributed by atoms with Gasteiger partial charge in [-0.25, -0.2) is 4.39 Å². The van der Waals surface area contributed by atoms with Gasteiger partial charge in [-0.2, -0.15) is 5.21 Å². The number of nitrogens with zero attached hydrogens (tertiary/aromatic N) is 4. The van der Waals surface area contributed by atoms with Crippen molar-refractivity contribution in [3.63, 3.8) is 0 Å². The highest BCUT2D eigenvalue weighted by molar-refractivity contribution is 6.05. The minimum Gasteiger partial charge on any atom is -0.507 e. The number of benzene rings is 1. The van der Waals surface area contributed by atoms with E-state index in [-0.39, 0.29) is 17.4 Å². The Balaban J connectivity index is 1.88. The van der Waals surface area contributed by atoms with Gasteiger partial charge in [-0.3, -0.25) is 4.79 Å². The number of carbonyl (C=O) groups excluding carboxylic acids is 1. The molecule has 0 radical (unpaired) electrons. The Morgan fingerprint density at radius 2 is 2.12 bits per heavy atom. The van der Waals surface area contributed by atoms with Crippen LogP contribution in [-0.4, -0.2) is 36.1 Å². The Kier molecular flexibility index (Phi) is 4.69. The zero-order valence-corrected chi connectivity index (χ0v) is 13.5. The number of tetrazole rings is 1. The molecule has 0 atom stereocenters. The third-order valence-electron chi connectivity index (χ3n) is 3.76. The molecule has 0 unspecified atom stereocenters. The Labute approximate surface area is 142 Å². The number of aryl methyl sites for hydroxylation is 1. The number of allylic oxidation sites excluding steroid dienone is 1. The average Bonchev–Trinajstić information content (AvgIpc) is 3.26. The highest BCUT2D eigenvalue weighted by atomic mass is 19.1. The first-order valence-electron chi connectivity index (χ1n) is 7.69. The number of carbonyl (C=O) groups is 1. The number of hydrogen-bond donors (Lipinski definition) is 2. The van der Waals surface area contributed by atoms with Crippen LogP contribution in [0.1, 0.15) is 34.2 Å². The summed E-state index contributed by atoms with van der Waals surface area (Å²) < 4.78 is 15.6. The monoisotopic (exact) mass is 341 g/mol. The summed E-state index contributed by atoms with van der Waals surface area (Å²) in [7, 11) is 0. The van der Waals surface area contributed by atoms with Crippen LogP contribution in [0.4, 0.5) is 4.39 Å². The summed E-state index contributed by atoms with van der Waals surface area (Å²) in [4.78, 5) is 12.0. The lowest BCUT2D eigenvalue weighted by Crippen LogP contribution is -2.00. The number of aliphatic hydroxyl groups is 1. The first-order chi connectivity index (χ1) is 12.1. The van der Waals surface area contributed by atoms with Gasteiger partial charge in [0.05, 0.1) is 0 Å². The molecule has 0 spiro atoms. The summed E-state index contributed by atoms with van der Waals surface area (Å²) in [5.41, 5.74) is 1.89. The maximum absolute atomic E-state index is 13.8. The zero-order valence-electron chi connectivity index (χ0n) is 13.5. The van der Waals surface area contributed by atoms with E-state index in [0.717, 1.165) is 11.6 Å². The number of aromatic nitrogens is 5. The first-order valence-corrected chi connectivity index (χ1v) is 7.69. The van der Waals surface area contributed by atoms with Crippen molar-refractivity contribution >= 4 is 11.5 Å². The number of halogens is 1. The van der Waals surface area contributed by atoms with Crippen LogP contribution in [-0.2, 0) is 13.0 Å². The smallest absolute Gasteiger partial charge is 0.244 e. The van der Waals surface area contributed by atoms with Gasteiger partial charge in [-0.05, 0) is 23.3 Å². The van der Waals surface area contributed by atoms with E-state index in [1.54, 1.807) is 29.0 Å². The van der Waals surface area contributed by atoms with Crippen LogP contribution in [0.15, 0.2) is 42.7 Å². The van der Waals surface area contributed by atoms with Crippen LogP contribution >= 0.6 is 0 Å². The summed E-state index contributed by atoms with van der Waals surface area (Å²) in [6.45, 7) is 2.26. The Bertz CT molecular complexity index is 915.